The van der Waals surface area contributed by atoms with E-state index >= 15 is 0 Å². The molecular formula is C16H24BNO3. The Morgan fingerprint density at radius 3 is 2.38 bits per heavy atom. The normalized spacial score (nSPS) is 24.5. The molecule has 2 aliphatic rings. The highest BCUT2D eigenvalue weighted by molar-refractivity contribution is 6.61. The van der Waals surface area contributed by atoms with E-state index in [1.807, 2.05) is 39.8 Å². The predicted molar refractivity (Wildman–Crippen MR) is 82.8 cm³/mol. The van der Waals surface area contributed by atoms with Gasteiger partial charge in [0.2, 0.25) is 0 Å². The van der Waals surface area contributed by atoms with Gasteiger partial charge in [-0.15, -0.1) is 0 Å². The third kappa shape index (κ3) is 2.95. The lowest BCUT2D eigenvalue weighted by atomic mass is 9.84. The van der Waals surface area contributed by atoms with Gasteiger partial charge in [-0.2, -0.15) is 0 Å². The van der Waals surface area contributed by atoms with Crippen molar-refractivity contribution in [1.29, 1.82) is 0 Å². The van der Waals surface area contributed by atoms with Crippen LogP contribution >= 0.6 is 0 Å². The van der Waals surface area contributed by atoms with Crippen molar-refractivity contribution in [3.8, 4) is 5.75 Å². The molecule has 1 aromatic heterocycles. The van der Waals surface area contributed by atoms with Crippen LogP contribution in [0.3, 0.4) is 0 Å². The first-order chi connectivity index (χ1) is 9.87. The minimum absolute atomic E-state index is 0.346. The van der Waals surface area contributed by atoms with E-state index in [-0.39, 0.29) is 11.2 Å². The molecule has 0 aromatic carbocycles. The zero-order valence-electron chi connectivity index (χ0n) is 13.4. The molecule has 5 heteroatoms. The Labute approximate surface area is 127 Å². The van der Waals surface area contributed by atoms with Crippen molar-refractivity contribution in [2.24, 2.45) is 0 Å². The van der Waals surface area contributed by atoms with Gasteiger partial charge in [0.25, 0.3) is 0 Å². The van der Waals surface area contributed by atoms with Crippen molar-refractivity contribution in [2.75, 3.05) is 0 Å². The summed E-state index contributed by atoms with van der Waals surface area (Å²) in [5, 5.41) is 0. The zero-order valence-corrected chi connectivity index (χ0v) is 13.4. The lowest BCUT2D eigenvalue weighted by molar-refractivity contribution is 0.00578. The first kappa shape index (κ1) is 14.9. The van der Waals surface area contributed by atoms with E-state index in [1.165, 1.54) is 12.8 Å². The smallest absolute Gasteiger partial charge is 0.490 e. The van der Waals surface area contributed by atoms with E-state index in [2.05, 4.69) is 4.98 Å². The average Bonchev–Trinajstić information content (AvgIpc) is 2.97. The number of hydrogen-bond donors (Lipinski definition) is 0. The van der Waals surface area contributed by atoms with Crippen molar-refractivity contribution in [1.82, 2.24) is 4.98 Å². The molecule has 0 amide bonds. The first-order valence-corrected chi connectivity index (χ1v) is 7.86. The highest BCUT2D eigenvalue weighted by Crippen LogP contribution is 2.36. The summed E-state index contributed by atoms with van der Waals surface area (Å²) >= 11 is 0. The Morgan fingerprint density at radius 1 is 1.14 bits per heavy atom. The number of pyridine rings is 1. The van der Waals surface area contributed by atoms with Gasteiger partial charge in [-0.05, 0) is 65.5 Å². The molecule has 0 N–H and O–H groups in total. The molecule has 2 heterocycles. The van der Waals surface area contributed by atoms with Gasteiger partial charge in [0.05, 0.1) is 22.9 Å². The Bertz CT molecular complexity index is 496. The van der Waals surface area contributed by atoms with Gasteiger partial charge in [0.15, 0.2) is 0 Å². The van der Waals surface area contributed by atoms with Crippen LogP contribution in [-0.2, 0) is 9.31 Å². The third-order valence-electron chi connectivity index (χ3n) is 4.85. The van der Waals surface area contributed by atoms with E-state index in [0.717, 1.165) is 24.2 Å². The van der Waals surface area contributed by atoms with Crippen LogP contribution in [0.25, 0.3) is 0 Å². The fourth-order valence-corrected chi connectivity index (χ4v) is 2.79. The van der Waals surface area contributed by atoms with Gasteiger partial charge >= 0.3 is 7.12 Å². The van der Waals surface area contributed by atoms with Gasteiger partial charge in [0.1, 0.15) is 5.75 Å². The Morgan fingerprint density at radius 2 is 1.76 bits per heavy atom. The van der Waals surface area contributed by atoms with Gasteiger partial charge in [-0.3, -0.25) is 4.98 Å². The molecule has 1 saturated heterocycles. The molecule has 0 spiro atoms. The second-order valence-corrected chi connectivity index (χ2v) is 7.03. The predicted octanol–water partition coefficient (Wildman–Crippen LogP) is 2.70. The lowest BCUT2D eigenvalue weighted by Gasteiger charge is -2.32. The van der Waals surface area contributed by atoms with E-state index in [1.54, 1.807) is 6.20 Å². The van der Waals surface area contributed by atoms with E-state index < -0.39 is 7.12 Å². The molecule has 1 aliphatic heterocycles. The van der Waals surface area contributed by atoms with Crippen molar-refractivity contribution in [2.45, 2.75) is 70.7 Å². The van der Waals surface area contributed by atoms with Gasteiger partial charge < -0.3 is 14.0 Å². The molecule has 4 nitrogen and oxygen atoms in total. The van der Waals surface area contributed by atoms with Crippen molar-refractivity contribution in [3.63, 3.8) is 0 Å². The Hall–Kier alpha value is -1.07. The van der Waals surface area contributed by atoms with Crippen LogP contribution in [0.1, 0.15) is 53.4 Å². The first-order valence-electron chi connectivity index (χ1n) is 7.86. The number of ether oxygens (including phenoxy) is 1. The van der Waals surface area contributed by atoms with E-state index in [0.29, 0.717) is 6.10 Å². The largest absolute Gasteiger partial charge is 0.514 e. The summed E-state index contributed by atoms with van der Waals surface area (Å²) in [5.41, 5.74) is 0.0905. The molecule has 1 aromatic rings. The van der Waals surface area contributed by atoms with Crippen molar-refractivity contribution in [3.05, 3.63) is 18.3 Å². The summed E-state index contributed by atoms with van der Waals surface area (Å²) in [6.07, 6.45) is 6.94. The summed E-state index contributed by atoms with van der Waals surface area (Å²) in [7, 11) is -0.429. The molecule has 3 rings (SSSR count). The summed E-state index contributed by atoms with van der Waals surface area (Å²) in [6, 6.07) is 3.85. The molecule has 0 unspecified atom stereocenters. The number of rotatable bonds is 3. The second kappa shape index (κ2) is 5.29. The summed E-state index contributed by atoms with van der Waals surface area (Å²) in [6.45, 7) is 8.19. The van der Waals surface area contributed by atoms with Crippen molar-refractivity contribution >= 4 is 12.7 Å². The summed E-state index contributed by atoms with van der Waals surface area (Å²) < 4.78 is 18.1. The molecule has 0 atom stereocenters. The SMILES string of the molecule is CC1(C)OB(c2cc(OC3CCCC3)ccn2)OC1(C)C. The van der Waals surface area contributed by atoms with Crippen LogP contribution in [0.4, 0.5) is 0 Å². The molecule has 0 bridgehead atoms. The van der Waals surface area contributed by atoms with Gasteiger partial charge in [-0.25, -0.2) is 0 Å². The standard InChI is InChI=1S/C16H24BNO3/c1-15(2)16(3,4)21-17(20-15)14-11-13(9-10-18-14)19-12-7-5-6-8-12/h9-12H,5-8H2,1-4H3. The fourth-order valence-electron chi connectivity index (χ4n) is 2.79. The molecular weight excluding hydrogens is 265 g/mol. The second-order valence-electron chi connectivity index (χ2n) is 7.03. The Kier molecular flexibility index (Phi) is 3.74. The van der Waals surface area contributed by atoms with E-state index in [4.69, 9.17) is 14.0 Å². The van der Waals surface area contributed by atoms with E-state index in [9.17, 15) is 0 Å². The number of nitrogens with zero attached hydrogens (tertiary/aromatic N) is 1. The molecule has 2 fully saturated rings. The van der Waals surface area contributed by atoms with Crippen LogP contribution in [0.5, 0.6) is 5.75 Å². The summed E-state index contributed by atoms with van der Waals surface area (Å²) in [5.74, 6) is 0.863. The highest BCUT2D eigenvalue weighted by atomic mass is 16.7. The molecule has 21 heavy (non-hydrogen) atoms. The topological polar surface area (TPSA) is 40.6 Å². The maximum absolute atomic E-state index is 6.03. The van der Waals surface area contributed by atoms with Crippen molar-refractivity contribution < 1.29 is 14.0 Å². The van der Waals surface area contributed by atoms with Crippen LogP contribution < -0.4 is 10.3 Å². The average molecular weight is 289 g/mol. The lowest BCUT2D eigenvalue weighted by Crippen LogP contribution is -2.41. The molecule has 1 aliphatic carbocycles. The minimum Gasteiger partial charge on any atom is -0.490 e. The fraction of sp³-hybridized carbons (Fsp3) is 0.688. The maximum Gasteiger partial charge on any atom is 0.514 e. The number of hydrogen-bond acceptors (Lipinski definition) is 4. The zero-order chi connectivity index (χ0) is 15.1. The summed E-state index contributed by atoms with van der Waals surface area (Å²) in [4.78, 5) is 4.40. The third-order valence-corrected chi connectivity index (χ3v) is 4.85. The molecule has 114 valence electrons. The van der Waals surface area contributed by atoms with Crippen LogP contribution in [0.15, 0.2) is 18.3 Å². The highest BCUT2D eigenvalue weighted by Gasteiger charge is 2.52. The minimum atomic E-state index is -0.429. The quantitative estimate of drug-likeness (QED) is 0.802. The molecule has 0 radical (unpaired) electrons. The van der Waals surface area contributed by atoms with Crippen LogP contribution in [0, 0.1) is 0 Å². The Balaban J connectivity index is 1.74. The monoisotopic (exact) mass is 289 g/mol. The number of aromatic nitrogens is 1. The van der Waals surface area contributed by atoms with Crippen LogP contribution in [-0.4, -0.2) is 29.4 Å². The maximum atomic E-state index is 6.03. The van der Waals surface area contributed by atoms with Gasteiger partial charge in [-0.1, -0.05) is 0 Å². The van der Waals surface area contributed by atoms with Crippen LogP contribution in [0.2, 0.25) is 0 Å². The van der Waals surface area contributed by atoms with Gasteiger partial charge in [0, 0.05) is 6.20 Å². The molecule has 1 saturated carbocycles.